The molecule has 6 heteroatoms. The van der Waals surface area contributed by atoms with E-state index < -0.39 is 0 Å². The third-order valence-electron chi connectivity index (χ3n) is 5.30. The molecule has 2 aromatic rings. The second-order valence-electron chi connectivity index (χ2n) is 7.46. The number of piperazine rings is 1. The van der Waals surface area contributed by atoms with Crippen LogP contribution in [0.2, 0.25) is 0 Å². The van der Waals surface area contributed by atoms with Gasteiger partial charge in [0.2, 0.25) is 5.91 Å². The number of ketones is 1. The van der Waals surface area contributed by atoms with Crippen LogP contribution in [0.3, 0.4) is 0 Å². The first kappa shape index (κ1) is 20.7. The quantitative estimate of drug-likeness (QED) is 0.693. The van der Waals surface area contributed by atoms with Crippen molar-refractivity contribution in [3.8, 4) is 0 Å². The van der Waals surface area contributed by atoms with E-state index in [1.807, 2.05) is 31.2 Å². The SMILES string of the molecule is Cc1ccc(C(=O)CCC(=O)NCC(c2cccs2)N2CCN(C)CC2)cc1. The number of nitrogens with one attached hydrogen (secondary N) is 1. The van der Waals surface area contributed by atoms with Crippen molar-refractivity contribution in [1.82, 2.24) is 15.1 Å². The van der Waals surface area contributed by atoms with Crippen LogP contribution in [0.25, 0.3) is 0 Å². The number of thiophene rings is 1. The molecule has 1 aliphatic heterocycles. The summed E-state index contributed by atoms with van der Waals surface area (Å²) in [6.45, 7) is 6.66. The Morgan fingerprint density at radius 3 is 2.43 bits per heavy atom. The molecule has 0 saturated carbocycles. The predicted molar refractivity (Wildman–Crippen MR) is 114 cm³/mol. The Labute approximate surface area is 171 Å². The Morgan fingerprint density at radius 2 is 1.79 bits per heavy atom. The number of likely N-dealkylation sites (N-methyl/N-ethyl adjacent to an activating group) is 1. The Morgan fingerprint density at radius 1 is 1.07 bits per heavy atom. The van der Waals surface area contributed by atoms with Gasteiger partial charge in [-0.15, -0.1) is 11.3 Å². The van der Waals surface area contributed by atoms with Gasteiger partial charge in [0.1, 0.15) is 0 Å². The lowest BCUT2D eigenvalue weighted by Crippen LogP contribution is -2.48. The van der Waals surface area contributed by atoms with Crippen molar-refractivity contribution >= 4 is 23.0 Å². The highest BCUT2D eigenvalue weighted by atomic mass is 32.1. The molecule has 1 aromatic carbocycles. The van der Waals surface area contributed by atoms with Crippen molar-refractivity contribution in [2.45, 2.75) is 25.8 Å². The standard InChI is InChI=1S/C22H29N3O2S/c1-17-5-7-18(8-6-17)20(26)9-10-22(27)23-16-19(21-4-3-15-28-21)25-13-11-24(2)12-14-25/h3-8,15,19H,9-14,16H2,1-2H3,(H,23,27). The lowest BCUT2D eigenvalue weighted by molar-refractivity contribution is -0.121. The Bertz CT molecular complexity index is 766. The second-order valence-corrected chi connectivity index (χ2v) is 8.44. The number of hydrogen-bond acceptors (Lipinski definition) is 5. The van der Waals surface area contributed by atoms with Gasteiger partial charge in [-0.25, -0.2) is 0 Å². The fourth-order valence-corrected chi connectivity index (χ4v) is 4.29. The minimum atomic E-state index is -0.0591. The number of nitrogens with zero attached hydrogens (tertiary/aromatic N) is 2. The maximum Gasteiger partial charge on any atom is 0.220 e. The van der Waals surface area contributed by atoms with Crippen LogP contribution in [0.5, 0.6) is 0 Å². The van der Waals surface area contributed by atoms with E-state index in [0.717, 1.165) is 31.7 Å². The first-order valence-electron chi connectivity index (χ1n) is 9.85. The molecule has 1 saturated heterocycles. The Balaban J connectivity index is 1.50. The predicted octanol–water partition coefficient (Wildman–Crippen LogP) is 3.12. The summed E-state index contributed by atoms with van der Waals surface area (Å²) in [7, 11) is 2.14. The van der Waals surface area contributed by atoms with Gasteiger partial charge in [0.05, 0.1) is 6.04 Å². The Kier molecular flexibility index (Phi) is 7.36. The lowest BCUT2D eigenvalue weighted by Gasteiger charge is -2.37. The van der Waals surface area contributed by atoms with E-state index in [2.05, 4.69) is 39.7 Å². The minimum Gasteiger partial charge on any atom is -0.354 e. The number of hydrogen-bond donors (Lipinski definition) is 1. The smallest absolute Gasteiger partial charge is 0.220 e. The lowest BCUT2D eigenvalue weighted by atomic mass is 10.0. The minimum absolute atomic E-state index is 0.0176. The summed E-state index contributed by atoms with van der Waals surface area (Å²) in [5.74, 6) is -0.0415. The molecule has 150 valence electrons. The fourth-order valence-electron chi connectivity index (χ4n) is 3.43. The van der Waals surface area contributed by atoms with Crippen molar-refractivity contribution in [2.75, 3.05) is 39.8 Å². The van der Waals surface area contributed by atoms with E-state index in [0.29, 0.717) is 12.1 Å². The second kappa shape index (κ2) is 9.96. The molecule has 0 spiro atoms. The molecule has 1 amide bonds. The third-order valence-corrected chi connectivity index (χ3v) is 6.27. The highest BCUT2D eigenvalue weighted by molar-refractivity contribution is 7.10. The number of carbonyl (C=O) groups excluding carboxylic acids is 2. The number of Topliss-reactive ketones (excluding diaryl/α,β-unsaturated/α-hetero) is 1. The van der Waals surface area contributed by atoms with E-state index >= 15 is 0 Å². The molecule has 2 heterocycles. The summed E-state index contributed by atoms with van der Waals surface area (Å²) < 4.78 is 0. The van der Waals surface area contributed by atoms with Crippen LogP contribution in [-0.2, 0) is 4.79 Å². The number of amides is 1. The summed E-state index contributed by atoms with van der Waals surface area (Å²) >= 11 is 1.73. The zero-order valence-electron chi connectivity index (χ0n) is 16.7. The Hall–Kier alpha value is -2.02. The molecule has 1 unspecified atom stereocenters. The van der Waals surface area contributed by atoms with Gasteiger partial charge < -0.3 is 10.2 Å². The first-order valence-corrected chi connectivity index (χ1v) is 10.7. The van der Waals surface area contributed by atoms with Crippen LogP contribution >= 0.6 is 11.3 Å². The van der Waals surface area contributed by atoms with Crippen LogP contribution in [0.1, 0.15) is 39.7 Å². The molecule has 0 bridgehead atoms. The van der Waals surface area contributed by atoms with Crippen LogP contribution in [0.4, 0.5) is 0 Å². The molecule has 1 atom stereocenters. The van der Waals surface area contributed by atoms with Gasteiger partial charge in [-0.2, -0.15) is 0 Å². The molecule has 5 nitrogen and oxygen atoms in total. The maximum atomic E-state index is 12.4. The fraction of sp³-hybridized carbons (Fsp3) is 0.455. The monoisotopic (exact) mass is 399 g/mol. The molecule has 1 N–H and O–H groups in total. The van der Waals surface area contributed by atoms with Gasteiger partial charge in [-0.1, -0.05) is 35.9 Å². The van der Waals surface area contributed by atoms with Crippen LogP contribution < -0.4 is 5.32 Å². The van der Waals surface area contributed by atoms with Gasteiger partial charge in [0, 0.05) is 56.0 Å². The highest BCUT2D eigenvalue weighted by Gasteiger charge is 2.25. The molecular formula is C22H29N3O2S. The molecule has 28 heavy (non-hydrogen) atoms. The number of aryl methyl sites for hydroxylation is 1. The van der Waals surface area contributed by atoms with Gasteiger partial charge in [-0.3, -0.25) is 14.5 Å². The molecular weight excluding hydrogens is 370 g/mol. The van der Waals surface area contributed by atoms with E-state index in [1.54, 1.807) is 11.3 Å². The molecule has 1 fully saturated rings. The van der Waals surface area contributed by atoms with Crippen molar-refractivity contribution in [2.24, 2.45) is 0 Å². The zero-order valence-corrected chi connectivity index (χ0v) is 17.5. The summed E-state index contributed by atoms with van der Waals surface area (Å²) in [5.41, 5.74) is 1.80. The molecule has 0 aliphatic carbocycles. The molecule has 0 radical (unpaired) electrons. The highest BCUT2D eigenvalue weighted by Crippen LogP contribution is 2.25. The van der Waals surface area contributed by atoms with Gasteiger partial charge in [0.25, 0.3) is 0 Å². The average Bonchev–Trinajstić information content (AvgIpc) is 3.22. The zero-order chi connectivity index (χ0) is 19.9. The van der Waals surface area contributed by atoms with Gasteiger partial charge in [-0.05, 0) is 25.4 Å². The normalized spacial score (nSPS) is 16.6. The summed E-state index contributed by atoms with van der Waals surface area (Å²) in [4.78, 5) is 30.7. The van der Waals surface area contributed by atoms with E-state index in [4.69, 9.17) is 0 Å². The topological polar surface area (TPSA) is 52.7 Å². The van der Waals surface area contributed by atoms with Crippen LogP contribution in [0, 0.1) is 6.92 Å². The van der Waals surface area contributed by atoms with E-state index in [-0.39, 0.29) is 30.6 Å². The van der Waals surface area contributed by atoms with Crippen molar-refractivity contribution in [3.63, 3.8) is 0 Å². The summed E-state index contributed by atoms with van der Waals surface area (Å²) in [6, 6.07) is 11.9. The molecule has 1 aliphatic rings. The molecule has 3 rings (SSSR count). The van der Waals surface area contributed by atoms with Crippen molar-refractivity contribution in [1.29, 1.82) is 0 Å². The van der Waals surface area contributed by atoms with Crippen molar-refractivity contribution < 1.29 is 9.59 Å². The van der Waals surface area contributed by atoms with E-state index in [9.17, 15) is 9.59 Å². The largest absolute Gasteiger partial charge is 0.354 e. The maximum absolute atomic E-state index is 12.4. The van der Waals surface area contributed by atoms with E-state index in [1.165, 1.54) is 4.88 Å². The first-order chi connectivity index (χ1) is 13.5. The number of carbonyl (C=O) groups is 2. The summed E-state index contributed by atoms with van der Waals surface area (Å²) in [5, 5.41) is 5.14. The average molecular weight is 400 g/mol. The van der Waals surface area contributed by atoms with Gasteiger partial charge >= 0.3 is 0 Å². The van der Waals surface area contributed by atoms with Crippen molar-refractivity contribution in [3.05, 3.63) is 57.8 Å². The number of benzene rings is 1. The third kappa shape index (κ3) is 5.74. The summed E-state index contributed by atoms with van der Waals surface area (Å²) in [6.07, 6.45) is 0.472. The van der Waals surface area contributed by atoms with Gasteiger partial charge in [0.15, 0.2) is 5.78 Å². The molecule has 1 aromatic heterocycles. The number of rotatable bonds is 8. The van der Waals surface area contributed by atoms with Crippen LogP contribution in [-0.4, -0.2) is 61.3 Å². The van der Waals surface area contributed by atoms with Crippen LogP contribution in [0.15, 0.2) is 41.8 Å².